The van der Waals surface area contributed by atoms with Crippen molar-refractivity contribution in [2.45, 2.75) is 44.7 Å². The minimum atomic E-state index is -4.94. The van der Waals surface area contributed by atoms with Crippen LogP contribution in [0.2, 0.25) is 0 Å². The zero-order chi connectivity index (χ0) is 29.3. The maximum Gasteiger partial charge on any atom is 0.419 e. The number of ether oxygens (including phenoxy) is 2. The topological polar surface area (TPSA) is 101 Å². The molecular weight excluding hydrogens is 552 g/mol. The Hall–Kier alpha value is -3.40. The number of hydrogen-bond donors (Lipinski definition) is 0. The summed E-state index contributed by atoms with van der Waals surface area (Å²) in [6.45, 7) is 5.26. The summed E-state index contributed by atoms with van der Waals surface area (Å²) < 4.78 is 93.1. The van der Waals surface area contributed by atoms with Crippen LogP contribution in [0.15, 0.2) is 22.7 Å². The van der Waals surface area contributed by atoms with Gasteiger partial charge in [-0.15, -0.1) is 0 Å². The quantitative estimate of drug-likeness (QED) is 0.325. The first-order valence-electron chi connectivity index (χ1n) is 12.3. The van der Waals surface area contributed by atoms with Gasteiger partial charge in [0.25, 0.3) is 5.91 Å². The second-order valence-electron chi connectivity index (χ2n) is 9.77. The predicted molar refractivity (Wildman–Crippen MR) is 125 cm³/mol. The standard InChI is InChI=1S/C24H27F6N5O5/c1-22(2)20(36)34(21(37)35(22)7-6-33-8-11-38-12-9-33)14-18-31-19(32-40-18)15-3-4-17(16(13-15)24(28,29)30)39-10-5-23(25,26)27/h3-4,13H,5-12,14H2,1-2H3. The van der Waals surface area contributed by atoms with Crippen LogP contribution < -0.4 is 4.74 Å². The number of nitrogens with zero attached hydrogens (tertiary/aromatic N) is 5. The van der Waals surface area contributed by atoms with Crippen molar-refractivity contribution in [2.24, 2.45) is 0 Å². The van der Waals surface area contributed by atoms with Gasteiger partial charge >= 0.3 is 18.4 Å². The zero-order valence-corrected chi connectivity index (χ0v) is 21.6. The van der Waals surface area contributed by atoms with E-state index >= 15 is 0 Å². The van der Waals surface area contributed by atoms with E-state index in [0.29, 0.717) is 45.5 Å². The van der Waals surface area contributed by atoms with Crippen LogP contribution in [0, 0.1) is 0 Å². The van der Waals surface area contributed by atoms with Crippen LogP contribution >= 0.6 is 0 Å². The summed E-state index contributed by atoms with van der Waals surface area (Å²) in [4.78, 5) is 34.7. The molecule has 0 saturated carbocycles. The lowest BCUT2D eigenvalue weighted by Gasteiger charge is -2.32. The first-order valence-corrected chi connectivity index (χ1v) is 12.3. The average molecular weight is 579 g/mol. The number of rotatable bonds is 9. The molecule has 2 saturated heterocycles. The molecule has 1 aromatic carbocycles. The summed E-state index contributed by atoms with van der Waals surface area (Å²) in [5, 5.41) is 3.65. The van der Waals surface area contributed by atoms with Gasteiger partial charge in [0.15, 0.2) is 0 Å². The van der Waals surface area contributed by atoms with Gasteiger partial charge in [-0.25, -0.2) is 4.79 Å². The molecule has 16 heteroatoms. The second kappa shape index (κ2) is 11.2. The van der Waals surface area contributed by atoms with Crippen molar-refractivity contribution in [3.63, 3.8) is 0 Å². The molecule has 4 rings (SSSR count). The van der Waals surface area contributed by atoms with Gasteiger partial charge in [0.1, 0.15) is 17.8 Å². The van der Waals surface area contributed by atoms with Gasteiger partial charge in [-0.05, 0) is 32.0 Å². The first-order chi connectivity index (χ1) is 18.7. The number of benzene rings is 1. The molecule has 2 aliphatic heterocycles. The Morgan fingerprint density at radius 2 is 1.75 bits per heavy atom. The van der Waals surface area contributed by atoms with Crippen molar-refractivity contribution in [2.75, 3.05) is 46.0 Å². The van der Waals surface area contributed by atoms with E-state index in [1.807, 2.05) is 0 Å². The smallest absolute Gasteiger partial charge is 0.419 e. The number of carbonyl (C=O) groups is 2. The molecule has 2 fully saturated rings. The molecule has 10 nitrogen and oxygen atoms in total. The summed E-state index contributed by atoms with van der Waals surface area (Å²) >= 11 is 0. The van der Waals surface area contributed by atoms with Crippen molar-refractivity contribution < 1.29 is 49.9 Å². The third-order valence-corrected chi connectivity index (χ3v) is 6.60. The van der Waals surface area contributed by atoms with Gasteiger partial charge in [0.2, 0.25) is 11.7 Å². The molecule has 40 heavy (non-hydrogen) atoms. The van der Waals surface area contributed by atoms with E-state index in [4.69, 9.17) is 14.0 Å². The summed E-state index contributed by atoms with van der Waals surface area (Å²) in [5.74, 6) is -1.75. The molecule has 0 N–H and O–H groups in total. The van der Waals surface area contributed by atoms with Crippen LogP contribution in [0.25, 0.3) is 11.4 Å². The molecule has 2 aliphatic rings. The highest BCUT2D eigenvalue weighted by Gasteiger charge is 2.51. The number of morpholine rings is 1. The van der Waals surface area contributed by atoms with Crippen molar-refractivity contribution in [3.05, 3.63) is 29.7 Å². The van der Waals surface area contributed by atoms with Gasteiger partial charge < -0.3 is 18.9 Å². The van der Waals surface area contributed by atoms with Gasteiger partial charge in [-0.3, -0.25) is 14.6 Å². The first kappa shape index (κ1) is 29.6. The fourth-order valence-corrected chi connectivity index (χ4v) is 4.36. The van der Waals surface area contributed by atoms with Crippen LogP contribution in [-0.4, -0.2) is 94.5 Å². The van der Waals surface area contributed by atoms with Gasteiger partial charge in [-0.1, -0.05) is 5.16 Å². The third kappa shape index (κ3) is 6.66. The monoisotopic (exact) mass is 579 g/mol. The normalized spacial score (nSPS) is 18.6. The Morgan fingerprint density at radius 3 is 2.40 bits per heavy atom. The molecule has 220 valence electrons. The van der Waals surface area contributed by atoms with E-state index in [1.54, 1.807) is 13.8 Å². The van der Waals surface area contributed by atoms with Crippen molar-refractivity contribution >= 4 is 11.9 Å². The number of amides is 3. The van der Waals surface area contributed by atoms with Crippen LogP contribution in [-0.2, 0) is 22.3 Å². The Bertz CT molecular complexity index is 1230. The van der Waals surface area contributed by atoms with E-state index in [9.17, 15) is 35.9 Å². The van der Waals surface area contributed by atoms with Crippen molar-refractivity contribution in [3.8, 4) is 17.1 Å². The molecule has 3 heterocycles. The molecule has 1 aromatic heterocycles. The van der Waals surface area contributed by atoms with Crippen LogP contribution in [0.4, 0.5) is 31.1 Å². The van der Waals surface area contributed by atoms with E-state index in [-0.39, 0.29) is 17.3 Å². The minimum Gasteiger partial charge on any atom is -0.493 e. The van der Waals surface area contributed by atoms with E-state index in [0.717, 1.165) is 17.0 Å². The maximum absolute atomic E-state index is 13.6. The molecule has 0 radical (unpaired) electrons. The van der Waals surface area contributed by atoms with Gasteiger partial charge in [0.05, 0.1) is 31.8 Å². The molecule has 3 amide bonds. The number of halogens is 6. The Labute approximate surface area is 224 Å². The Morgan fingerprint density at radius 1 is 1.05 bits per heavy atom. The van der Waals surface area contributed by atoms with Gasteiger partial charge in [0, 0.05) is 31.7 Å². The maximum atomic E-state index is 13.6. The summed E-state index contributed by atoms with van der Waals surface area (Å²) in [7, 11) is 0. The highest BCUT2D eigenvalue weighted by molar-refractivity contribution is 6.06. The third-order valence-electron chi connectivity index (χ3n) is 6.60. The molecular formula is C24H27F6N5O5. The van der Waals surface area contributed by atoms with Crippen LogP contribution in [0.5, 0.6) is 5.75 Å². The van der Waals surface area contributed by atoms with E-state index < -0.39 is 60.7 Å². The highest BCUT2D eigenvalue weighted by Crippen LogP contribution is 2.39. The summed E-state index contributed by atoms with van der Waals surface area (Å²) in [6, 6.07) is 2.06. The van der Waals surface area contributed by atoms with E-state index in [1.165, 1.54) is 4.90 Å². The number of carbonyl (C=O) groups excluding carboxylic acids is 2. The summed E-state index contributed by atoms with van der Waals surface area (Å²) in [5.41, 5.74) is -2.62. The minimum absolute atomic E-state index is 0.156. The lowest BCUT2D eigenvalue weighted by Crippen LogP contribution is -2.48. The summed E-state index contributed by atoms with van der Waals surface area (Å²) in [6.07, 6.45) is -11.0. The lowest BCUT2D eigenvalue weighted by molar-refractivity contribution is -0.143. The van der Waals surface area contributed by atoms with E-state index in [2.05, 4.69) is 15.0 Å². The largest absolute Gasteiger partial charge is 0.493 e. The highest BCUT2D eigenvalue weighted by atomic mass is 19.4. The number of alkyl halides is 6. The fraction of sp³-hybridized carbons (Fsp3) is 0.583. The van der Waals surface area contributed by atoms with Crippen LogP contribution in [0.1, 0.15) is 31.7 Å². The number of hydrogen-bond acceptors (Lipinski definition) is 8. The van der Waals surface area contributed by atoms with Crippen molar-refractivity contribution in [1.82, 2.24) is 24.8 Å². The zero-order valence-electron chi connectivity index (χ0n) is 21.6. The van der Waals surface area contributed by atoms with Crippen molar-refractivity contribution in [1.29, 1.82) is 0 Å². The molecule has 2 aromatic rings. The second-order valence-corrected chi connectivity index (χ2v) is 9.77. The Balaban J connectivity index is 1.47. The molecule has 0 atom stereocenters. The number of aromatic nitrogens is 2. The van der Waals surface area contributed by atoms with Gasteiger partial charge in [-0.2, -0.15) is 31.3 Å². The Kier molecular flexibility index (Phi) is 8.31. The predicted octanol–water partition coefficient (Wildman–Crippen LogP) is 3.96. The fourth-order valence-electron chi connectivity index (χ4n) is 4.36. The molecule has 0 spiro atoms. The van der Waals surface area contributed by atoms with Crippen LogP contribution in [0.3, 0.4) is 0 Å². The molecule has 0 bridgehead atoms. The lowest BCUT2D eigenvalue weighted by atomic mass is 10.0. The number of imide groups is 1. The SMILES string of the molecule is CC1(C)C(=O)N(Cc2nc(-c3ccc(OCCC(F)(F)F)c(C(F)(F)F)c3)no2)C(=O)N1CCN1CCOCC1. The molecule has 0 aliphatic carbocycles. The number of urea groups is 1. The average Bonchev–Trinajstić information content (AvgIpc) is 3.40. The molecule has 0 unspecified atom stereocenters.